The number of hydrogen-bond acceptors (Lipinski definition) is 5. The summed E-state index contributed by atoms with van der Waals surface area (Å²) in [6, 6.07) is -0.573. The van der Waals surface area contributed by atoms with Crippen molar-refractivity contribution >= 4 is 11.9 Å². The molecular weight excluding hydrogens is 272 g/mol. The number of piperazine rings is 1. The van der Waals surface area contributed by atoms with Gasteiger partial charge in [-0.05, 0) is 13.3 Å². The van der Waals surface area contributed by atoms with Gasteiger partial charge in [0.2, 0.25) is 0 Å². The van der Waals surface area contributed by atoms with Gasteiger partial charge >= 0.3 is 5.97 Å². The van der Waals surface area contributed by atoms with Gasteiger partial charge in [0.15, 0.2) is 0 Å². The van der Waals surface area contributed by atoms with E-state index < -0.39 is 6.04 Å². The summed E-state index contributed by atoms with van der Waals surface area (Å²) in [7, 11) is 1.79. The molecule has 1 aromatic rings. The molecule has 1 saturated heterocycles. The van der Waals surface area contributed by atoms with Crippen molar-refractivity contribution in [1.82, 2.24) is 20.0 Å². The molecule has 7 heteroatoms. The third-order valence-electron chi connectivity index (χ3n) is 3.53. The van der Waals surface area contributed by atoms with Crippen molar-refractivity contribution in [2.24, 2.45) is 7.05 Å². The fourth-order valence-electron chi connectivity index (χ4n) is 2.53. The minimum Gasteiger partial charge on any atom is -0.464 e. The summed E-state index contributed by atoms with van der Waals surface area (Å²) >= 11 is 0. The lowest BCUT2D eigenvalue weighted by molar-refractivity contribution is -0.149. The number of rotatable bonds is 4. The molecule has 2 rings (SSSR count). The number of amides is 1. The number of carbonyl (C=O) groups excluding carboxylic acids is 2. The standard InChI is InChI=1S/C14H22N4O3/c1-4-11-10(9-17(3)16-11)13(19)18-7-6-15-8-12(18)14(20)21-5-2/h9,12,15H,4-8H2,1-3H3. The largest absolute Gasteiger partial charge is 0.464 e. The van der Waals surface area contributed by atoms with E-state index in [1.165, 1.54) is 0 Å². The Morgan fingerprint density at radius 1 is 1.48 bits per heavy atom. The predicted molar refractivity (Wildman–Crippen MR) is 76.9 cm³/mol. The van der Waals surface area contributed by atoms with Gasteiger partial charge in [0.1, 0.15) is 6.04 Å². The molecule has 1 aliphatic heterocycles. The summed E-state index contributed by atoms with van der Waals surface area (Å²) < 4.78 is 6.70. The molecule has 1 aliphatic rings. The molecule has 1 atom stereocenters. The Morgan fingerprint density at radius 2 is 2.24 bits per heavy atom. The van der Waals surface area contributed by atoms with Gasteiger partial charge in [0, 0.05) is 32.9 Å². The second-order valence-electron chi connectivity index (χ2n) is 4.99. The minimum atomic E-state index is -0.573. The third kappa shape index (κ3) is 3.24. The highest BCUT2D eigenvalue weighted by molar-refractivity contribution is 5.97. The second-order valence-corrected chi connectivity index (χ2v) is 4.99. The SMILES string of the molecule is CCOC(=O)C1CNCCN1C(=O)c1cn(C)nc1CC. The second kappa shape index (κ2) is 6.71. The number of esters is 1. The minimum absolute atomic E-state index is 0.153. The van der Waals surface area contributed by atoms with E-state index in [4.69, 9.17) is 4.74 Å². The van der Waals surface area contributed by atoms with Gasteiger partial charge in [-0.3, -0.25) is 9.48 Å². The molecule has 1 fully saturated rings. The van der Waals surface area contributed by atoms with E-state index in [0.717, 1.165) is 5.69 Å². The van der Waals surface area contributed by atoms with Crippen LogP contribution in [-0.2, 0) is 23.0 Å². The molecular formula is C14H22N4O3. The van der Waals surface area contributed by atoms with Crippen molar-refractivity contribution in [1.29, 1.82) is 0 Å². The zero-order valence-corrected chi connectivity index (χ0v) is 12.8. The molecule has 0 bridgehead atoms. The maximum absolute atomic E-state index is 12.7. The lowest BCUT2D eigenvalue weighted by Gasteiger charge is -2.34. The monoisotopic (exact) mass is 294 g/mol. The summed E-state index contributed by atoms with van der Waals surface area (Å²) in [5, 5.41) is 7.42. The first-order valence-corrected chi connectivity index (χ1v) is 7.29. The molecule has 0 aliphatic carbocycles. The number of nitrogens with one attached hydrogen (secondary N) is 1. The Morgan fingerprint density at radius 3 is 2.90 bits per heavy atom. The van der Waals surface area contributed by atoms with E-state index in [1.54, 1.807) is 29.7 Å². The summed E-state index contributed by atoms with van der Waals surface area (Å²) in [5.41, 5.74) is 1.32. The van der Waals surface area contributed by atoms with Gasteiger partial charge in [0.05, 0.1) is 17.9 Å². The highest BCUT2D eigenvalue weighted by Crippen LogP contribution is 2.15. The number of aromatic nitrogens is 2. The van der Waals surface area contributed by atoms with Gasteiger partial charge in [-0.25, -0.2) is 4.79 Å². The van der Waals surface area contributed by atoms with E-state index in [9.17, 15) is 9.59 Å². The first kappa shape index (κ1) is 15.5. The quantitative estimate of drug-likeness (QED) is 0.789. The summed E-state index contributed by atoms with van der Waals surface area (Å²) in [6.45, 7) is 5.61. The average Bonchev–Trinajstić information content (AvgIpc) is 2.88. The van der Waals surface area contributed by atoms with Crippen LogP contribution in [0.25, 0.3) is 0 Å². The molecule has 1 N–H and O–H groups in total. The van der Waals surface area contributed by atoms with Crippen LogP contribution < -0.4 is 5.32 Å². The van der Waals surface area contributed by atoms with Crippen molar-refractivity contribution in [3.63, 3.8) is 0 Å². The lowest BCUT2D eigenvalue weighted by atomic mass is 10.1. The van der Waals surface area contributed by atoms with Crippen LogP contribution in [0.3, 0.4) is 0 Å². The van der Waals surface area contributed by atoms with Crippen LogP contribution >= 0.6 is 0 Å². The molecule has 0 saturated carbocycles. The molecule has 0 aromatic carbocycles. The molecule has 1 aromatic heterocycles. The van der Waals surface area contributed by atoms with E-state index in [1.807, 2.05) is 6.92 Å². The van der Waals surface area contributed by atoms with Gasteiger partial charge in [-0.2, -0.15) is 5.10 Å². The molecule has 21 heavy (non-hydrogen) atoms. The van der Waals surface area contributed by atoms with Crippen LogP contribution in [0.2, 0.25) is 0 Å². The van der Waals surface area contributed by atoms with Crippen LogP contribution in [0, 0.1) is 0 Å². The van der Waals surface area contributed by atoms with Crippen LogP contribution in [0.1, 0.15) is 29.9 Å². The van der Waals surface area contributed by atoms with Crippen molar-refractivity contribution in [2.75, 3.05) is 26.2 Å². The van der Waals surface area contributed by atoms with Crippen molar-refractivity contribution in [3.05, 3.63) is 17.5 Å². The van der Waals surface area contributed by atoms with E-state index in [-0.39, 0.29) is 11.9 Å². The number of carbonyl (C=O) groups is 2. The summed E-state index contributed by atoms with van der Waals surface area (Å²) in [6.07, 6.45) is 2.39. The van der Waals surface area contributed by atoms with Gasteiger partial charge < -0.3 is 15.0 Å². The number of ether oxygens (including phenoxy) is 1. The van der Waals surface area contributed by atoms with Crippen molar-refractivity contribution in [3.8, 4) is 0 Å². The molecule has 0 spiro atoms. The molecule has 2 heterocycles. The van der Waals surface area contributed by atoms with Crippen molar-refractivity contribution in [2.45, 2.75) is 26.3 Å². The van der Waals surface area contributed by atoms with Crippen molar-refractivity contribution < 1.29 is 14.3 Å². The van der Waals surface area contributed by atoms with Gasteiger partial charge in [0.25, 0.3) is 5.91 Å². The smallest absolute Gasteiger partial charge is 0.330 e. The van der Waals surface area contributed by atoms with E-state index >= 15 is 0 Å². The third-order valence-corrected chi connectivity index (χ3v) is 3.53. The number of hydrogen-bond donors (Lipinski definition) is 1. The number of aryl methyl sites for hydroxylation is 2. The Kier molecular flexibility index (Phi) is 4.95. The molecule has 7 nitrogen and oxygen atoms in total. The normalized spacial score (nSPS) is 18.6. The molecule has 116 valence electrons. The molecule has 0 radical (unpaired) electrons. The summed E-state index contributed by atoms with van der Waals surface area (Å²) in [4.78, 5) is 26.4. The van der Waals surface area contributed by atoms with E-state index in [2.05, 4.69) is 10.4 Å². The average molecular weight is 294 g/mol. The Balaban J connectivity index is 2.24. The first-order chi connectivity index (χ1) is 10.1. The highest BCUT2D eigenvalue weighted by atomic mass is 16.5. The zero-order valence-electron chi connectivity index (χ0n) is 12.8. The maximum Gasteiger partial charge on any atom is 0.330 e. The fraction of sp³-hybridized carbons (Fsp3) is 0.643. The van der Waals surface area contributed by atoms with Crippen LogP contribution in [0.5, 0.6) is 0 Å². The molecule has 1 unspecified atom stereocenters. The molecule has 1 amide bonds. The first-order valence-electron chi connectivity index (χ1n) is 7.29. The Hall–Kier alpha value is -1.89. The number of nitrogens with zero attached hydrogens (tertiary/aromatic N) is 3. The van der Waals surface area contributed by atoms with E-state index in [0.29, 0.717) is 38.2 Å². The van der Waals surface area contributed by atoms with Gasteiger partial charge in [-0.15, -0.1) is 0 Å². The fourth-order valence-corrected chi connectivity index (χ4v) is 2.53. The van der Waals surface area contributed by atoms with Crippen LogP contribution in [0.15, 0.2) is 6.20 Å². The zero-order chi connectivity index (χ0) is 15.4. The van der Waals surface area contributed by atoms with Crippen LogP contribution in [-0.4, -0.2) is 58.8 Å². The Bertz CT molecular complexity index is 526. The highest BCUT2D eigenvalue weighted by Gasteiger charge is 2.34. The predicted octanol–water partition coefficient (Wildman–Crippen LogP) is -0.0404. The van der Waals surface area contributed by atoms with Gasteiger partial charge in [-0.1, -0.05) is 6.92 Å². The lowest BCUT2D eigenvalue weighted by Crippen LogP contribution is -2.57. The van der Waals surface area contributed by atoms with Crippen LogP contribution in [0.4, 0.5) is 0 Å². The topological polar surface area (TPSA) is 76.5 Å². The summed E-state index contributed by atoms with van der Waals surface area (Å²) in [5.74, 6) is -0.514. The maximum atomic E-state index is 12.7. The Labute approximate surface area is 124 Å².